The summed E-state index contributed by atoms with van der Waals surface area (Å²) in [5.74, 6) is -0.333. The summed E-state index contributed by atoms with van der Waals surface area (Å²) in [7, 11) is 0. The molecule has 0 heterocycles. The highest BCUT2D eigenvalue weighted by atomic mass is 16.2. The molecule has 0 bridgehead atoms. The van der Waals surface area contributed by atoms with Crippen LogP contribution in [0.4, 0.5) is 0 Å². The van der Waals surface area contributed by atoms with Crippen molar-refractivity contribution in [3.63, 3.8) is 0 Å². The Hall–Kier alpha value is -1.88. The van der Waals surface area contributed by atoms with Crippen molar-refractivity contribution in [3.8, 4) is 0 Å². The minimum absolute atomic E-state index is 0.000340. The van der Waals surface area contributed by atoms with Gasteiger partial charge in [0.2, 0.25) is 11.8 Å². The Morgan fingerprint density at radius 3 is 2.47 bits per heavy atom. The number of rotatable bonds is 7. The Bertz CT molecular complexity index is 406. The van der Waals surface area contributed by atoms with Crippen molar-refractivity contribution in [1.29, 1.82) is 0 Å². The molecule has 0 saturated carbocycles. The molecule has 0 aromatic heterocycles. The number of carbonyl (C=O) groups excluding carboxylic acids is 2. The molecule has 1 rings (SSSR count). The molecular formula is C14H21N3O2. The number of benzene rings is 1. The lowest BCUT2D eigenvalue weighted by Crippen LogP contribution is -2.39. The van der Waals surface area contributed by atoms with Crippen LogP contribution in [0.25, 0.3) is 0 Å². The van der Waals surface area contributed by atoms with Gasteiger partial charge in [0.05, 0.1) is 6.54 Å². The Morgan fingerprint density at radius 2 is 1.84 bits per heavy atom. The van der Waals surface area contributed by atoms with Crippen LogP contribution >= 0.6 is 0 Å². The molecule has 1 unspecified atom stereocenters. The van der Waals surface area contributed by atoms with Crippen LogP contribution in [0.15, 0.2) is 30.3 Å². The van der Waals surface area contributed by atoms with Gasteiger partial charge in [-0.3, -0.25) is 9.59 Å². The van der Waals surface area contributed by atoms with Gasteiger partial charge in [0.25, 0.3) is 0 Å². The zero-order chi connectivity index (χ0) is 14.1. The van der Waals surface area contributed by atoms with Gasteiger partial charge in [-0.2, -0.15) is 0 Å². The summed E-state index contributed by atoms with van der Waals surface area (Å²) in [5, 5.41) is 5.25. The molecule has 2 amide bonds. The van der Waals surface area contributed by atoms with Gasteiger partial charge in [-0.25, -0.2) is 0 Å². The van der Waals surface area contributed by atoms with E-state index in [0.29, 0.717) is 13.0 Å². The molecule has 1 aromatic carbocycles. The number of hydrogen-bond donors (Lipinski definition) is 3. The van der Waals surface area contributed by atoms with Crippen LogP contribution in [0.5, 0.6) is 0 Å². The van der Waals surface area contributed by atoms with Crippen LogP contribution in [0.2, 0.25) is 0 Å². The largest absolute Gasteiger partial charge is 0.353 e. The normalized spacial score (nSPS) is 11.7. The molecule has 0 aliphatic carbocycles. The SMILES string of the molecule is CCCC(=O)NCC(=O)NCC(N)c1ccccc1. The number of hydrogen-bond acceptors (Lipinski definition) is 3. The summed E-state index contributed by atoms with van der Waals surface area (Å²) < 4.78 is 0. The number of carbonyl (C=O) groups is 2. The molecule has 19 heavy (non-hydrogen) atoms. The lowest BCUT2D eigenvalue weighted by atomic mass is 10.1. The summed E-state index contributed by atoms with van der Waals surface area (Å²) in [6.45, 7) is 2.27. The van der Waals surface area contributed by atoms with E-state index >= 15 is 0 Å². The zero-order valence-corrected chi connectivity index (χ0v) is 11.2. The van der Waals surface area contributed by atoms with Crippen molar-refractivity contribution < 1.29 is 9.59 Å². The molecule has 5 nitrogen and oxygen atoms in total. The van der Waals surface area contributed by atoms with Gasteiger partial charge in [0.15, 0.2) is 0 Å². The first-order chi connectivity index (χ1) is 9.13. The molecule has 5 heteroatoms. The van der Waals surface area contributed by atoms with Crippen LogP contribution in [0.1, 0.15) is 31.4 Å². The highest BCUT2D eigenvalue weighted by Crippen LogP contribution is 2.07. The van der Waals surface area contributed by atoms with Gasteiger partial charge < -0.3 is 16.4 Å². The van der Waals surface area contributed by atoms with Gasteiger partial charge >= 0.3 is 0 Å². The number of nitrogens with one attached hydrogen (secondary N) is 2. The predicted molar refractivity (Wildman–Crippen MR) is 74.3 cm³/mol. The van der Waals surface area contributed by atoms with Crippen LogP contribution in [-0.2, 0) is 9.59 Å². The van der Waals surface area contributed by atoms with E-state index in [0.717, 1.165) is 12.0 Å². The average Bonchev–Trinajstić information content (AvgIpc) is 2.44. The molecular weight excluding hydrogens is 242 g/mol. The van der Waals surface area contributed by atoms with E-state index in [1.165, 1.54) is 0 Å². The smallest absolute Gasteiger partial charge is 0.239 e. The minimum Gasteiger partial charge on any atom is -0.353 e. The molecule has 0 aliphatic rings. The topological polar surface area (TPSA) is 84.2 Å². The standard InChI is InChI=1S/C14H21N3O2/c1-2-6-13(18)17-10-14(19)16-9-12(15)11-7-4-3-5-8-11/h3-5,7-8,12H,2,6,9-10,15H2,1H3,(H,16,19)(H,17,18). The van der Waals surface area contributed by atoms with Crippen molar-refractivity contribution in [2.45, 2.75) is 25.8 Å². The van der Waals surface area contributed by atoms with Crippen molar-refractivity contribution in [2.75, 3.05) is 13.1 Å². The average molecular weight is 263 g/mol. The monoisotopic (exact) mass is 263 g/mol. The third-order valence-corrected chi connectivity index (χ3v) is 2.67. The van der Waals surface area contributed by atoms with Gasteiger partial charge in [-0.05, 0) is 12.0 Å². The predicted octanol–water partition coefficient (Wildman–Crippen LogP) is 0.719. The van der Waals surface area contributed by atoms with E-state index in [2.05, 4.69) is 10.6 Å². The summed E-state index contributed by atoms with van der Waals surface area (Å²) in [4.78, 5) is 22.7. The Kier molecular flexibility index (Phi) is 6.60. The fourth-order valence-electron chi connectivity index (χ4n) is 1.60. The highest BCUT2D eigenvalue weighted by molar-refractivity contribution is 5.84. The Morgan fingerprint density at radius 1 is 1.16 bits per heavy atom. The summed E-state index contributed by atoms with van der Waals surface area (Å²) in [6, 6.07) is 9.32. The van der Waals surface area contributed by atoms with Gasteiger partial charge in [0.1, 0.15) is 0 Å². The zero-order valence-electron chi connectivity index (χ0n) is 11.2. The van der Waals surface area contributed by atoms with Crippen molar-refractivity contribution >= 4 is 11.8 Å². The minimum atomic E-state index is -0.239. The van der Waals surface area contributed by atoms with Crippen molar-refractivity contribution in [1.82, 2.24) is 10.6 Å². The molecule has 0 fully saturated rings. The first kappa shape index (κ1) is 15.2. The molecule has 1 atom stereocenters. The summed E-state index contributed by atoms with van der Waals surface area (Å²) >= 11 is 0. The summed E-state index contributed by atoms with van der Waals surface area (Å²) in [6.07, 6.45) is 1.21. The lowest BCUT2D eigenvalue weighted by Gasteiger charge is -2.13. The van der Waals surface area contributed by atoms with Crippen molar-refractivity contribution in [2.24, 2.45) is 5.73 Å². The summed E-state index contributed by atoms with van der Waals surface area (Å²) in [5.41, 5.74) is 6.92. The van der Waals surface area contributed by atoms with Gasteiger partial charge in [-0.15, -0.1) is 0 Å². The highest BCUT2D eigenvalue weighted by Gasteiger charge is 2.08. The van der Waals surface area contributed by atoms with Gasteiger partial charge in [-0.1, -0.05) is 37.3 Å². The lowest BCUT2D eigenvalue weighted by molar-refractivity contribution is -0.126. The van der Waals surface area contributed by atoms with Gasteiger partial charge in [0, 0.05) is 19.0 Å². The first-order valence-electron chi connectivity index (χ1n) is 6.47. The van der Waals surface area contributed by atoms with E-state index in [1.54, 1.807) is 0 Å². The second-order valence-corrected chi connectivity index (χ2v) is 4.35. The number of amides is 2. The Labute approximate surface area is 113 Å². The maximum Gasteiger partial charge on any atom is 0.239 e. The van der Waals surface area contributed by atoms with Crippen LogP contribution in [0, 0.1) is 0 Å². The van der Waals surface area contributed by atoms with E-state index in [9.17, 15) is 9.59 Å². The molecule has 0 aliphatic heterocycles. The van der Waals surface area contributed by atoms with Crippen molar-refractivity contribution in [3.05, 3.63) is 35.9 Å². The molecule has 1 aromatic rings. The second kappa shape index (κ2) is 8.26. The van der Waals surface area contributed by atoms with Crippen LogP contribution in [0.3, 0.4) is 0 Å². The number of nitrogens with two attached hydrogens (primary N) is 1. The Balaban J connectivity index is 2.25. The molecule has 0 saturated heterocycles. The molecule has 104 valence electrons. The van der Waals surface area contributed by atoms with E-state index in [-0.39, 0.29) is 24.4 Å². The maximum absolute atomic E-state index is 11.5. The first-order valence-corrected chi connectivity index (χ1v) is 6.47. The fraction of sp³-hybridized carbons (Fsp3) is 0.429. The molecule has 0 radical (unpaired) electrons. The van der Waals surface area contributed by atoms with Crippen LogP contribution < -0.4 is 16.4 Å². The fourth-order valence-corrected chi connectivity index (χ4v) is 1.60. The third kappa shape index (κ3) is 6.01. The molecule has 0 spiro atoms. The third-order valence-electron chi connectivity index (χ3n) is 2.67. The quantitative estimate of drug-likeness (QED) is 0.677. The second-order valence-electron chi connectivity index (χ2n) is 4.35. The van der Waals surface area contributed by atoms with E-state index in [4.69, 9.17) is 5.73 Å². The van der Waals surface area contributed by atoms with Crippen LogP contribution in [-0.4, -0.2) is 24.9 Å². The van der Waals surface area contributed by atoms with E-state index in [1.807, 2.05) is 37.3 Å². The maximum atomic E-state index is 11.5. The molecule has 4 N–H and O–H groups in total. The van der Waals surface area contributed by atoms with E-state index < -0.39 is 0 Å².